The molecule has 0 amide bonds. The molecule has 0 N–H and O–H groups in total. The number of benzene rings is 1. The van der Waals surface area contributed by atoms with Crippen molar-refractivity contribution < 1.29 is 9.47 Å². The number of rotatable bonds is 6. The zero-order chi connectivity index (χ0) is 17.2. The minimum atomic E-state index is 0.489. The molecule has 4 nitrogen and oxygen atoms in total. The highest BCUT2D eigenvalue weighted by atomic mass is 16.5. The van der Waals surface area contributed by atoms with E-state index in [0.717, 1.165) is 36.3 Å². The van der Waals surface area contributed by atoms with Crippen LogP contribution in [0, 0.1) is 12.8 Å². The molecule has 0 spiro atoms. The summed E-state index contributed by atoms with van der Waals surface area (Å²) in [4.78, 5) is 7.32. The molecule has 0 radical (unpaired) electrons. The summed E-state index contributed by atoms with van der Waals surface area (Å²) in [5, 5.41) is 0. The van der Waals surface area contributed by atoms with Crippen molar-refractivity contribution in [2.24, 2.45) is 5.92 Å². The third kappa shape index (κ3) is 3.49. The van der Waals surface area contributed by atoms with Gasteiger partial charge in [0.15, 0.2) is 0 Å². The first-order valence-corrected chi connectivity index (χ1v) is 9.18. The lowest BCUT2D eigenvalue weighted by molar-refractivity contribution is 0.0856. The number of piperidine rings is 1. The van der Waals surface area contributed by atoms with Gasteiger partial charge in [-0.15, -0.1) is 0 Å². The summed E-state index contributed by atoms with van der Waals surface area (Å²) in [7, 11) is 1.68. The number of likely N-dealkylation sites (tertiary alicyclic amines) is 1. The van der Waals surface area contributed by atoms with Gasteiger partial charge in [-0.2, -0.15) is 0 Å². The van der Waals surface area contributed by atoms with Gasteiger partial charge in [0, 0.05) is 24.3 Å². The van der Waals surface area contributed by atoms with E-state index in [1.54, 1.807) is 7.11 Å². The number of pyridine rings is 1. The lowest BCUT2D eigenvalue weighted by Gasteiger charge is -2.35. The van der Waals surface area contributed by atoms with Crippen LogP contribution >= 0.6 is 0 Å². The zero-order valence-corrected chi connectivity index (χ0v) is 15.0. The Hall–Kier alpha value is -2.07. The van der Waals surface area contributed by atoms with Gasteiger partial charge < -0.3 is 9.47 Å². The van der Waals surface area contributed by atoms with Crippen LogP contribution < -0.4 is 9.47 Å². The van der Waals surface area contributed by atoms with Crippen molar-refractivity contribution in [3.8, 4) is 11.5 Å². The van der Waals surface area contributed by atoms with E-state index in [4.69, 9.17) is 14.5 Å². The molecule has 1 saturated carbocycles. The van der Waals surface area contributed by atoms with Gasteiger partial charge in [-0.05, 0) is 68.5 Å². The van der Waals surface area contributed by atoms with E-state index in [0.29, 0.717) is 12.1 Å². The zero-order valence-electron chi connectivity index (χ0n) is 15.0. The van der Waals surface area contributed by atoms with Crippen LogP contribution in [0.3, 0.4) is 0 Å². The van der Waals surface area contributed by atoms with Gasteiger partial charge in [0.2, 0.25) is 0 Å². The van der Waals surface area contributed by atoms with Crippen LogP contribution in [0.25, 0.3) is 0 Å². The standard InChI is InChI=1S/C21H26N2O2/c1-15-4-3-5-17(22-15)13-23-18-7-6-16(12-18)21(23)14-25-20-10-8-19(24-2)9-11-20/h3-5,8-11,16,18,21H,6-7,12-14H2,1-2H3/t16-,18+,21+/m0/s1. The lowest BCUT2D eigenvalue weighted by atomic mass is 9.99. The summed E-state index contributed by atoms with van der Waals surface area (Å²) in [6.45, 7) is 3.74. The van der Waals surface area contributed by atoms with Crippen LogP contribution in [0.1, 0.15) is 30.7 Å². The average Bonchev–Trinajstić information content (AvgIpc) is 3.22. The van der Waals surface area contributed by atoms with E-state index < -0.39 is 0 Å². The van der Waals surface area contributed by atoms with Crippen molar-refractivity contribution >= 4 is 0 Å². The van der Waals surface area contributed by atoms with Crippen molar-refractivity contribution in [2.75, 3.05) is 13.7 Å². The number of methoxy groups -OCH3 is 1. The Kier molecular flexibility index (Phi) is 4.62. The van der Waals surface area contributed by atoms with E-state index in [-0.39, 0.29) is 0 Å². The maximum Gasteiger partial charge on any atom is 0.119 e. The van der Waals surface area contributed by atoms with Crippen molar-refractivity contribution in [1.29, 1.82) is 0 Å². The van der Waals surface area contributed by atoms with E-state index in [2.05, 4.69) is 30.0 Å². The molecule has 132 valence electrons. The molecule has 1 aliphatic carbocycles. The van der Waals surface area contributed by atoms with Crippen LogP contribution in [-0.2, 0) is 6.54 Å². The fraction of sp³-hybridized carbons (Fsp3) is 0.476. The Bertz CT molecular complexity index is 716. The Morgan fingerprint density at radius 2 is 1.88 bits per heavy atom. The highest BCUT2D eigenvalue weighted by Gasteiger charge is 2.45. The van der Waals surface area contributed by atoms with Crippen molar-refractivity contribution in [3.05, 3.63) is 53.9 Å². The van der Waals surface area contributed by atoms with E-state index in [9.17, 15) is 0 Å². The third-order valence-corrected chi connectivity index (χ3v) is 5.66. The molecule has 2 fully saturated rings. The summed E-state index contributed by atoms with van der Waals surface area (Å²) in [6.07, 6.45) is 3.96. The van der Waals surface area contributed by atoms with Gasteiger partial charge in [-0.3, -0.25) is 9.88 Å². The van der Waals surface area contributed by atoms with Gasteiger partial charge in [0.05, 0.1) is 12.8 Å². The molecule has 3 atom stereocenters. The van der Waals surface area contributed by atoms with E-state index in [1.165, 1.54) is 25.0 Å². The van der Waals surface area contributed by atoms with Crippen molar-refractivity contribution in [2.45, 2.75) is 44.8 Å². The van der Waals surface area contributed by atoms with Gasteiger partial charge >= 0.3 is 0 Å². The van der Waals surface area contributed by atoms with Gasteiger partial charge in [-0.1, -0.05) is 6.07 Å². The van der Waals surface area contributed by atoms with Gasteiger partial charge in [0.25, 0.3) is 0 Å². The highest BCUT2D eigenvalue weighted by molar-refractivity contribution is 5.31. The molecule has 2 aliphatic rings. The second-order valence-corrected chi connectivity index (χ2v) is 7.22. The minimum absolute atomic E-state index is 0.489. The molecule has 4 heteroatoms. The van der Waals surface area contributed by atoms with E-state index in [1.807, 2.05) is 24.3 Å². The molecule has 2 bridgehead atoms. The number of hydrogen-bond donors (Lipinski definition) is 0. The molecule has 1 aliphatic heterocycles. The summed E-state index contributed by atoms with van der Waals surface area (Å²) in [5.41, 5.74) is 2.26. The molecule has 4 rings (SSSR count). The normalized spacial score (nSPS) is 25.3. The number of nitrogens with zero attached hydrogens (tertiary/aromatic N) is 2. The average molecular weight is 338 g/mol. The smallest absolute Gasteiger partial charge is 0.119 e. The molecule has 1 saturated heterocycles. The number of ether oxygens (including phenoxy) is 2. The summed E-state index contributed by atoms with van der Waals surface area (Å²) >= 11 is 0. The Labute approximate surface area is 149 Å². The fourth-order valence-corrected chi connectivity index (χ4v) is 4.39. The van der Waals surface area contributed by atoms with Crippen LogP contribution in [0.5, 0.6) is 11.5 Å². The topological polar surface area (TPSA) is 34.6 Å². The second kappa shape index (κ2) is 7.04. The van der Waals surface area contributed by atoms with Crippen molar-refractivity contribution in [1.82, 2.24) is 9.88 Å². The molecular weight excluding hydrogens is 312 g/mol. The quantitative estimate of drug-likeness (QED) is 0.802. The molecule has 1 aromatic carbocycles. The number of aryl methyl sites for hydroxylation is 1. The Balaban J connectivity index is 1.43. The lowest BCUT2D eigenvalue weighted by Crippen LogP contribution is -2.43. The first-order chi connectivity index (χ1) is 12.2. The first kappa shape index (κ1) is 16.4. The van der Waals surface area contributed by atoms with Crippen LogP contribution in [0.15, 0.2) is 42.5 Å². The maximum atomic E-state index is 6.12. The Morgan fingerprint density at radius 1 is 1.08 bits per heavy atom. The van der Waals surface area contributed by atoms with E-state index >= 15 is 0 Å². The fourth-order valence-electron chi connectivity index (χ4n) is 4.39. The van der Waals surface area contributed by atoms with Gasteiger partial charge in [-0.25, -0.2) is 0 Å². The predicted molar refractivity (Wildman–Crippen MR) is 97.9 cm³/mol. The van der Waals surface area contributed by atoms with Gasteiger partial charge in [0.1, 0.15) is 18.1 Å². The Morgan fingerprint density at radius 3 is 2.64 bits per heavy atom. The third-order valence-electron chi connectivity index (χ3n) is 5.66. The molecule has 25 heavy (non-hydrogen) atoms. The highest BCUT2D eigenvalue weighted by Crippen LogP contribution is 2.43. The molecule has 1 aromatic heterocycles. The number of hydrogen-bond acceptors (Lipinski definition) is 4. The first-order valence-electron chi connectivity index (χ1n) is 9.18. The largest absolute Gasteiger partial charge is 0.497 e. The second-order valence-electron chi connectivity index (χ2n) is 7.22. The summed E-state index contributed by atoms with van der Waals surface area (Å²) in [5.74, 6) is 2.53. The predicted octanol–water partition coefficient (Wildman–Crippen LogP) is 3.83. The summed E-state index contributed by atoms with van der Waals surface area (Å²) < 4.78 is 11.3. The van der Waals surface area contributed by atoms with Crippen LogP contribution in [-0.4, -0.2) is 35.7 Å². The molecule has 2 heterocycles. The number of fused-ring (bicyclic) bond motifs is 2. The van der Waals surface area contributed by atoms with Crippen LogP contribution in [0.2, 0.25) is 0 Å². The monoisotopic (exact) mass is 338 g/mol. The number of aromatic nitrogens is 1. The SMILES string of the molecule is COc1ccc(OC[C@@H]2[C@H]3CC[C@H](C3)N2Cc2cccc(C)n2)cc1. The molecular formula is C21H26N2O2. The minimum Gasteiger partial charge on any atom is -0.497 e. The molecule has 2 aromatic rings. The maximum absolute atomic E-state index is 6.12. The van der Waals surface area contributed by atoms with Crippen molar-refractivity contribution in [3.63, 3.8) is 0 Å². The summed E-state index contributed by atoms with van der Waals surface area (Å²) in [6, 6.07) is 15.4. The molecule has 0 unspecified atom stereocenters. The van der Waals surface area contributed by atoms with Crippen LogP contribution in [0.4, 0.5) is 0 Å².